The van der Waals surface area contributed by atoms with Crippen molar-refractivity contribution in [2.45, 2.75) is 25.5 Å². The molecule has 23 heavy (non-hydrogen) atoms. The summed E-state index contributed by atoms with van der Waals surface area (Å²) in [5, 5.41) is -1.53. The lowest BCUT2D eigenvalue weighted by atomic mass is 10.0. The minimum Gasteiger partial charge on any atom is -0.352 e. The summed E-state index contributed by atoms with van der Waals surface area (Å²) in [4.78, 5) is 22.0. The maximum Gasteiger partial charge on any atom is 0.355 e. The Bertz CT molecular complexity index is 704. The molecule has 4 nitrogen and oxygen atoms in total. The van der Waals surface area contributed by atoms with E-state index in [-0.39, 0.29) is 6.42 Å². The predicted octanol–water partition coefficient (Wildman–Crippen LogP) is 4.09. The van der Waals surface area contributed by atoms with Gasteiger partial charge in [0.1, 0.15) is 5.82 Å². The molecule has 1 atom stereocenters. The lowest BCUT2D eigenvalue weighted by Crippen LogP contribution is -2.46. The molecule has 6 heteroatoms. The van der Waals surface area contributed by atoms with Crippen LogP contribution in [-0.4, -0.2) is 16.3 Å². The van der Waals surface area contributed by atoms with Gasteiger partial charge in [-0.1, -0.05) is 43.3 Å². The lowest BCUT2D eigenvalue weighted by Gasteiger charge is -2.45. The molecule has 0 fully saturated rings. The van der Waals surface area contributed by atoms with Crippen LogP contribution in [0.2, 0.25) is 0 Å². The summed E-state index contributed by atoms with van der Waals surface area (Å²) >= 11 is 0. The highest BCUT2D eigenvalue weighted by Crippen LogP contribution is 2.61. The SMILES string of the molecule is CCN(c1cccc(F)c1)C(CC)(c1ccccc1)P(=O)(O)O. The Kier molecular flexibility index (Phi) is 5.25. The van der Waals surface area contributed by atoms with Crippen molar-refractivity contribution in [3.05, 3.63) is 66.0 Å². The van der Waals surface area contributed by atoms with Gasteiger partial charge in [0.15, 0.2) is 5.28 Å². The van der Waals surface area contributed by atoms with Crippen molar-refractivity contribution in [2.24, 2.45) is 0 Å². The molecule has 0 aliphatic rings. The normalized spacial score (nSPS) is 14.3. The van der Waals surface area contributed by atoms with Gasteiger partial charge in [-0.2, -0.15) is 0 Å². The molecule has 0 aliphatic carbocycles. The summed E-state index contributed by atoms with van der Waals surface area (Å²) in [6.45, 7) is 3.86. The Hall–Kier alpha value is -1.68. The minimum absolute atomic E-state index is 0.186. The van der Waals surface area contributed by atoms with Gasteiger partial charge in [-0.05, 0) is 37.1 Å². The molecule has 0 aromatic heterocycles. The zero-order valence-electron chi connectivity index (χ0n) is 13.2. The molecule has 0 aliphatic heterocycles. The van der Waals surface area contributed by atoms with Crippen molar-refractivity contribution in [2.75, 3.05) is 11.4 Å². The number of anilines is 1. The molecule has 0 amide bonds. The highest BCUT2D eigenvalue weighted by atomic mass is 31.2. The van der Waals surface area contributed by atoms with Gasteiger partial charge in [0, 0.05) is 12.2 Å². The average Bonchev–Trinajstić information content (AvgIpc) is 2.52. The highest BCUT2D eigenvalue weighted by Gasteiger charge is 2.51. The van der Waals surface area contributed by atoms with Crippen molar-refractivity contribution in [3.8, 4) is 0 Å². The van der Waals surface area contributed by atoms with Gasteiger partial charge in [0.25, 0.3) is 0 Å². The van der Waals surface area contributed by atoms with E-state index >= 15 is 0 Å². The summed E-state index contributed by atoms with van der Waals surface area (Å²) < 4.78 is 26.1. The fourth-order valence-corrected chi connectivity index (χ4v) is 4.56. The van der Waals surface area contributed by atoms with E-state index < -0.39 is 18.7 Å². The van der Waals surface area contributed by atoms with E-state index in [1.807, 2.05) is 0 Å². The largest absolute Gasteiger partial charge is 0.355 e. The second kappa shape index (κ2) is 6.83. The van der Waals surface area contributed by atoms with Crippen LogP contribution in [0.5, 0.6) is 0 Å². The van der Waals surface area contributed by atoms with Gasteiger partial charge >= 0.3 is 7.60 Å². The van der Waals surface area contributed by atoms with Crippen LogP contribution in [0.4, 0.5) is 10.1 Å². The third-order valence-electron chi connectivity index (χ3n) is 4.09. The van der Waals surface area contributed by atoms with E-state index in [2.05, 4.69) is 0 Å². The first-order chi connectivity index (χ1) is 10.9. The monoisotopic (exact) mass is 337 g/mol. The van der Waals surface area contributed by atoms with Gasteiger partial charge < -0.3 is 14.7 Å². The Labute approximate surface area is 135 Å². The van der Waals surface area contributed by atoms with Gasteiger partial charge in [0.05, 0.1) is 0 Å². The summed E-state index contributed by atoms with van der Waals surface area (Å²) in [5.74, 6) is -0.440. The molecule has 124 valence electrons. The molecule has 0 saturated carbocycles. The summed E-state index contributed by atoms with van der Waals surface area (Å²) in [5.41, 5.74) is 0.962. The molecule has 0 spiro atoms. The first-order valence-electron chi connectivity index (χ1n) is 7.51. The number of hydrogen-bond donors (Lipinski definition) is 2. The summed E-state index contributed by atoms with van der Waals surface area (Å²) in [6, 6.07) is 14.5. The molecular weight excluding hydrogens is 316 g/mol. The summed E-state index contributed by atoms with van der Waals surface area (Å²) in [7, 11) is -4.58. The quantitative estimate of drug-likeness (QED) is 0.780. The zero-order chi connectivity index (χ0) is 17.1. The van der Waals surface area contributed by atoms with E-state index in [1.165, 1.54) is 12.1 Å². The number of halogens is 1. The third-order valence-corrected chi connectivity index (χ3v) is 5.87. The predicted molar refractivity (Wildman–Crippen MR) is 89.9 cm³/mol. The van der Waals surface area contributed by atoms with Crippen LogP contribution in [0.3, 0.4) is 0 Å². The van der Waals surface area contributed by atoms with Crippen LogP contribution < -0.4 is 4.90 Å². The van der Waals surface area contributed by atoms with Crippen molar-refractivity contribution in [3.63, 3.8) is 0 Å². The van der Waals surface area contributed by atoms with Crippen LogP contribution in [0.1, 0.15) is 25.8 Å². The molecule has 0 heterocycles. The third kappa shape index (κ3) is 3.18. The van der Waals surface area contributed by atoms with Crippen LogP contribution >= 0.6 is 7.60 Å². The molecular formula is C17H21FNO3P. The molecule has 1 unspecified atom stereocenters. The van der Waals surface area contributed by atoms with Crippen LogP contribution in [0.25, 0.3) is 0 Å². The van der Waals surface area contributed by atoms with Crippen molar-refractivity contribution in [1.29, 1.82) is 0 Å². The van der Waals surface area contributed by atoms with Gasteiger partial charge in [-0.3, -0.25) is 4.57 Å². The number of rotatable bonds is 6. The van der Waals surface area contributed by atoms with Gasteiger partial charge in [-0.15, -0.1) is 0 Å². The van der Waals surface area contributed by atoms with Crippen LogP contribution in [0, 0.1) is 5.82 Å². The Morgan fingerprint density at radius 1 is 1.09 bits per heavy atom. The van der Waals surface area contributed by atoms with E-state index in [9.17, 15) is 18.7 Å². The topological polar surface area (TPSA) is 60.8 Å². The second-order valence-electron chi connectivity index (χ2n) is 5.30. The molecule has 2 N–H and O–H groups in total. The zero-order valence-corrected chi connectivity index (χ0v) is 14.1. The minimum atomic E-state index is -4.58. The number of nitrogens with zero attached hydrogens (tertiary/aromatic N) is 1. The molecule has 2 aromatic rings. The van der Waals surface area contributed by atoms with Gasteiger partial charge in [0.2, 0.25) is 0 Å². The molecule has 0 bridgehead atoms. The first-order valence-corrected chi connectivity index (χ1v) is 9.12. The smallest absolute Gasteiger partial charge is 0.352 e. The number of benzene rings is 2. The van der Waals surface area contributed by atoms with Crippen LogP contribution in [0.15, 0.2) is 54.6 Å². The van der Waals surface area contributed by atoms with Crippen molar-refractivity contribution >= 4 is 13.3 Å². The van der Waals surface area contributed by atoms with E-state index in [4.69, 9.17) is 0 Å². The van der Waals surface area contributed by atoms with E-state index in [1.54, 1.807) is 61.2 Å². The summed E-state index contributed by atoms with van der Waals surface area (Å²) in [6.07, 6.45) is 0.186. The Morgan fingerprint density at radius 3 is 2.22 bits per heavy atom. The Morgan fingerprint density at radius 2 is 1.74 bits per heavy atom. The van der Waals surface area contributed by atoms with Gasteiger partial charge in [-0.25, -0.2) is 4.39 Å². The molecule has 0 saturated heterocycles. The molecule has 2 aromatic carbocycles. The number of hydrogen-bond acceptors (Lipinski definition) is 2. The highest BCUT2D eigenvalue weighted by molar-refractivity contribution is 7.53. The standard InChI is InChI=1S/C17H21FNO3P/c1-3-17(23(20,21)22,14-9-6-5-7-10-14)19(4-2)16-12-8-11-15(18)13-16/h5-13H,3-4H2,1-2H3,(H2,20,21,22). The molecule has 0 radical (unpaired) electrons. The maximum absolute atomic E-state index is 13.6. The fourth-order valence-electron chi connectivity index (χ4n) is 3.09. The van der Waals surface area contributed by atoms with E-state index in [0.717, 1.165) is 0 Å². The van der Waals surface area contributed by atoms with Crippen molar-refractivity contribution in [1.82, 2.24) is 0 Å². The van der Waals surface area contributed by atoms with Crippen LogP contribution in [-0.2, 0) is 9.85 Å². The molecule has 2 rings (SSSR count). The van der Waals surface area contributed by atoms with Crippen molar-refractivity contribution < 1.29 is 18.7 Å². The lowest BCUT2D eigenvalue weighted by molar-refractivity contribution is 0.314. The Balaban J connectivity index is 2.72. The first kappa shape index (κ1) is 17.7. The fraction of sp³-hybridized carbons (Fsp3) is 0.294. The second-order valence-corrected chi connectivity index (χ2v) is 7.13. The van der Waals surface area contributed by atoms with E-state index in [0.29, 0.717) is 17.8 Å². The average molecular weight is 337 g/mol. The maximum atomic E-state index is 13.6.